The van der Waals surface area contributed by atoms with Crippen LogP contribution in [0.2, 0.25) is 27.3 Å². The summed E-state index contributed by atoms with van der Waals surface area (Å²) in [4.78, 5) is 9.68. The first-order chi connectivity index (χ1) is 49.5. The normalized spacial score (nSPS) is 14.8. The molecular formula is C88H98B4N8O+4. The van der Waals surface area contributed by atoms with Crippen molar-refractivity contribution in [3.05, 3.63) is 272 Å². The lowest BCUT2D eigenvalue weighted by Crippen LogP contribution is -2.53. The molecule has 0 saturated heterocycles. The number of anilines is 4. The molecule has 4 aliphatic heterocycles. The Labute approximate surface area is 606 Å². The van der Waals surface area contributed by atoms with E-state index in [0.717, 1.165) is 28.4 Å². The molecular weight excluding hydrogens is 1230 g/mol. The van der Waals surface area contributed by atoms with E-state index in [9.17, 15) is 0 Å². The molecule has 504 valence electrons. The van der Waals surface area contributed by atoms with Gasteiger partial charge in [-0.05, 0) is 249 Å². The smallest absolute Gasteiger partial charge is 0.413 e. The van der Waals surface area contributed by atoms with Gasteiger partial charge in [0.25, 0.3) is 23.3 Å². The number of nitrogens with zero attached hydrogens (tertiary/aromatic N) is 8. The fourth-order valence-corrected chi connectivity index (χ4v) is 16.9. The maximum Gasteiger partial charge on any atom is 0.413 e. The Bertz CT molecular complexity index is 5610. The number of hydrogen-bond donors (Lipinski definition) is 0. The first-order valence-electron chi connectivity index (χ1n) is 37.4. The van der Waals surface area contributed by atoms with Gasteiger partial charge in [-0.15, -0.1) is 0 Å². The average Bonchev–Trinajstić information content (AvgIpc) is 0.856. The van der Waals surface area contributed by atoms with Gasteiger partial charge < -0.3 is 4.42 Å². The van der Waals surface area contributed by atoms with E-state index in [-0.39, 0.29) is 6.85 Å². The molecule has 0 fully saturated rings. The SMILES string of the molecule is CB1c2ccccc2C(C)=C(C)N1c1cc(C)c2c(C)cccc2[n+]1C.CB1c2ccccc2C(C)=C(C)N1c1ccc2c(C)cccc2[n+]1C.CB1c2ccccc2C(C)=C(C)N1c1ccc2ccccc2[n+]1C.[2H]C([2H])([2H])c1c[n+](C)c(N2B(C)c3c(oc4cc(C)cc(C)c34)C=C2C)cc1C. The predicted octanol–water partition coefficient (Wildman–Crippen LogP) is 16.4. The Morgan fingerprint density at radius 2 is 0.842 bits per heavy atom. The van der Waals surface area contributed by atoms with Crippen molar-refractivity contribution in [2.45, 2.75) is 124 Å². The number of allylic oxidation sites excluding steroid dienone is 7. The third-order valence-electron chi connectivity index (χ3n) is 22.6. The molecule has 9 nitrogen and oxygen atoms in total. The summed E-state index contributed by atoms with van der Waals surface area (Å²) in [6, 6.07) is 65.6. The van der Waals surface area contributed by atoms with Crippen LogP contribution in [0.5, 0.6) is 0 Å². The molecule has 0 aliphatic carbocycles. The monoisotopic (exact) mass is 1330 g/mol. The molecule has 5 aromatic heterocycles. The van der Waals surface area contributed by atoms with E-state index in [1.807, 2.05) is 24.6 Å². The lowest BCUT2D eigenvalue weighted by atomic mass is 9.52. The first-order valence-corrected chi connectivity index (χ1v) is 35.9. The molecule has 0 amide bonds. The van der Waals surface area contributed by atoms with Crippen molar-refractivity contribution in [3.63, 3.8) is 0 Å². The summed E-state index contributed by atoms with van der Waals surface area (Å²) in [6.45, 7) is 36.1. The fourth-order valence-electron chi connectivity index (χ4n) is 16.9. The van der Waals surface area contributed by atoms with Crippen molar-refractivity contribution in [2.24, 2.45) is 28.2 Å². The minimum atomic E-state index is -2.12. The number of aromatic nitrogens is 4. The van der Waals surface area contributed by atoms with Crippen LogP contribution in [0, 0.1) is 48.4 Å². The minimum absolute atomic E-state index is 0.0573. The Morgan fingerprint density at radius 1 is 0.376 bits per heavy atom. The Kier molecular flexibility index (Phi) is 17.8. The quantitative estimate of drug-likeness (QED) is 0.130. The molecule has 0 radical (unpaired) electrons. The topological polar surface area (TPSA) is 41.6 Å². The third kappa shape index (κ3) is 12.1. The highest BCUT2D eigenvalue weighted by Gasteiger charge is 2.44. The van der Waals surface area contributed by atoms with Crippen molar-refractivity contribution in [1.29, 1.82) is 0 Å². The molecule has 0 N–H and O–H groups in total. The van der Waals surface area contributed by atoms with Crippen LogP contribution in [-0.2, 0) is 28.2 Å². The first kappa shape index (κ1) is 65.5. The zero-order valence-corrected chi connectivity index (χ0v) is 63.3. The minimum Gasteiger partial charge on any atom is -0.457 e. The number of pyridine rings is 4. The Hall–Kier alpha value is -10.1. The van der Waals surface area contributed by atoms with Gasteiger partial charge in [0.1, 0.15) is 27.9 Å². The van der Waals surface area contributed by atoms with Crippen LogP contribution in [-0.4, -0.2) is 27.4 Å². The average molecular weight is 1330 g/mol. The van der Waals surface area contributed by atoms with Crippen LogP contribution >= 0.6 is 0 Å². The second-order valence-electron chi connectivity index (χ2n) is 28.8. The van der Waals surface area contributed by atoms with Crippen LogP contribution in [0.15, 0.2) is 215 Å². The van der Waals surface area contributed by atoms with Gasteiger partial charge in [0.15, 0.2) is 0 Å². The van der Waals surface area contributed by atoms with Crippen molar-refractivity contribution in [2.75, 3.05) is 19.2 Å². The lowest BCUT2D eigenvalue weighted by Gasteiger charge is -2.31. The molecule has 12 aromatic rings. The van der Waals surface area contributed by atoms with Crippen LogP contribution in [0.25, 0.3) is 66.5 Å². The van der Waals surface area contributed by atoms with Crippen molar-refractivity contribution < 1.29 is 26.8 Å². The van der Waals surface area contributed by atoms with Crippen LogP contribution < -0.4 is 59.4 Å². The van der Waals surface area contributed by atoms with E-state index in [1.54, 1.807) is 6.20 Å². The molecule has 9 heterocycles. The highest BCUT2D eigenvalue weighted by molar-refractivity contribution is 6.80. The van der Waals surface area contributed by atoms with Crippen molar-refractivity contribution in [3.8, 4) is 0 Å². The second-order valence-corrected chi connectivity index (χ2v) is 28.8. The van der Waals surface area contributed by atoms with Crippen molar-refractivity contribution >= 4 is 139 Å². The largest absolute Gasteiger partial charge is 0.457 e. The number of rotatable bonds is 4. The molecule has 0 bridgehead atoms. The van der Waals surface area contributed by atoms with Gasteiger partial charge in [0, 0.05) is 61.5 Å². The van der Waals surface area contributed by atoms with Gasteiger partial charge in [-0.1, -0.05) is 121 Å². The summed E-state index contributed by atoms with van der Waals surface area (Å²) in [5.41, 5.74) is 30.9. The summed E-state index contributed by atoms with van der Waals surface area (Å²) in [7, 11) is 8.43. The number of hydrogen-bond acceptors (Lipinski definition) is 5. The second kappa shape index (κ2) is 27.4. The molecule has 16 rings (SSSR count). The maximum atomic E-state index is 7.79. The van der Waals surface area contributed by atoms with Gasteiger partial charge in [-0.3, -0.25) is 19.2 Å². The molecule has 7 aromatic carbocycles. The molecule has 0 saturated carbocycles. The van der Waals surface area contributed by atoms with E-state index in [2.05, 4.69) is 346 Å². The summed E-state index contributed by atoms with van der Waals surface area (Å²) in [6.07, 6.45) is 3.81. The molecule has 4 aliphatic rings. The maximum absolute atomic E-state index is 7.79. The highest BCUT2D eigenvalue weighted by Crippen LogP contribution is 2.36. The summed E-state index contributed by atoms with van der Waals surface area (Å²) in [5.74, 6) is 5.58. The third-order valence-corrected chi connectivity index (χ3v) is 22.6. The lowest BCUT2D eigenvalue weighted by molar-refractivity contribution is -0.658. The van der Waals surface area contributed by atoms with Gasteiger partial charge in [0.05, 0.1) is 57.2 Å². The van der Waals surface area contributed by atoms with E-state index in [4.69, 9.17) is 8.53 Å². The zero-order valence-electron chi connectivity index (χ0n) is 66.3. The molecule has 0 unspecified atom stereocenters. The summed E-state index contributed by atoms with van der Waals surface area (Å²) < 4.78 is 38.5. The van der Waals surface area contributed by atoms with Gasteiger partial charge >= 0.3 is 27.4 Å². The predicted molar refractivity (Wildman–Crippen MR) is 435 cm³/mol. The highest BCUT2D eigenvalue weighted by atomic mass is 16.3. The Balaban J connectivity index is 0.000000123. The van der Waals surface area contributed by atoms with Crippen molar-refractivity contribution in [1.82, 2.24) is 0 Å². The van der Waals surface area contributed by atoms with Crippen LogP contribution in [0.4, 0.5) is 23.3 Å². The molecule has 0 atom stereocenters. The number of aryl methyl sites for hydroxylation is 11. The molecule has 0 spiro atoms. The zero-order chi connectivity index (χ0) is 74.4. The van der Waals surface area contributed by atoms with Gasteiger partial charge in [-0.25, -0.2) is 18.3 Å². The number of furan rings is 1. The fraction of sp³-hybridized carbons (Fsp3) is 0.250. The standard InChI is InChI=1S/C23H26BN2.C22H26BN2O.C22H24BN2.C21H22BN2/c1-15-10-9-13-21-23(15)16(2)14-22(25(21)6)26-18(4)17(3)19-11-7-8-12-20(19)24(26)5;1-13-8-15(3)21-18(9-13)26-19-11-17(5)25(23(6)22(19)21)20-10-14(2)16(4)12-24(20)7;1-15-9-8-12-21-18(15)13-14-22(24(21)5)25-17(3)16(2)19-10-6-7-11-20(19)23(25)4;1-15-16(2)24(22(3)19-11-7-6-10-18(15)19)21-14-13-17-9-5-8-12-20(17)23(21)4/h7-14H,1-6H3;8-12H,1-7H3;6-14H,1-5H3;5-14H,1-4H3/q4*+1/i;4D3;;. The molecule has 13 heteroatoms. The van der Waals surface area contributed by atoms with Gasteiger partial charge in [-0.2, -0.15) is 0 Å². The van der Waals surface area contributed by atoms with Crippen LogP contribution in [0.1, 0.15) is 114 Å². The number of benzene rings is 7. The number of para-hydroxylation sites is 1. The molecule has 101 heavy (non-hydrogen) atoms. The Morgan fingerprint density at radius 3 is 1.42 bits per heavy atom. The summed E-state index contributed by atoms with van der Waals surface area (Å²) >= 11 is 0. The van der Waals surface area contributed by atoms with E-state index in [0.29, 0.717) is 26.1 Å². The van der Waals surface area contributed by atoms with E-state index < -0.39 is 6.85 Å². The van der Waals surface area contributed by atoms with Gasteiger partial charge in [0.2, 0.25) is 0 Å². The summed E-state index contributed by atoms with van der Waals surface area (Å²) in [5, 5.41) is 5.12. The van der Waals surface area contributed by atoms with E-state index in [1.165, 1.54) is 156 Å². The number of fused-ring (bicyclic) bond motifs is 9. The van der Waals surface area contributed by atoms with E-state index >= 15 is 0 Å². The van der Waals surface area contributed by atoms with Crippen LogP contribution in [0.3, 0.4) is 0 Å².